The molecule has 0 unspecified atom stereocenters. The fourth-order valence-electron chi connectivity index (χ4n) is 3.41. The Bertz CT molecular complexity index is 681. The topological polar surface area (TPSA) is 48.3 Å². The number of nitrogens with one attached hydrogen (secondary N) is 1. The number of ether oxygens (including phenoxy) is 2. The molecule has 4 rings (SSSR count). The van der Waals surface area contributed by atoms with E-state index >= 15 is 0 Å². The average Bonchev–Trinajstić information content (AvgIpc) is 3.13. The van der Waals surface area contributed by atoms with Gasteiger partial charge >= 0.3 is 0 Å². The van der Waals surface area contributed by atoms with E-state index in [1.54, 1.807) is 0 Å². The lowest BCUT2D eigenvalue weighted by Crippen LogP contribution is -2.26. The second kappa shape index (κ2) is 5.65. The Hall–Kier alpha value is -2.01. The monoisotopic (exact) mass is 299 g/mol. The summed E-state index contributed by atoms with van der Waals surface area (Å²) >= 11 is 0. The minimum atomic E-state index is 0.325. The molecule has 0 saturated carbocycles. The lowest BCUT2D eigenvalue weighted by atomic mass is 9.99. The number of hydrogen-bond donors (Lipinski definition) is 1. The van der Waals surface area contributed by atoms with Gasteiger partial charge in [-0.3, -0.25) is 0 Å². The lowest BCUT2D eigenvalue weighted by Gasteiger charge is -2.23. The van der Waals surface area contributed by atoms with Crippen LogP contribution >= 0.6 is 0 Å². The van der Waals surface area contributed by atoms with E-state index in [4.69, 9.17) is 14.5 Å². The van der Waals surface area contributed by atoms with Crippen LogP contribution in [-0.2, 0) is 13.1 Å². The third kappa shape index (κ3) is 2.46. The van der Waals surface area contributed by atoms with E-state index in [1.165, 1.54) is 18.7 Å². The molecule has 1 aromatic carbocycles. The Morgan fingerprint density at radius 3 is 3.27 bits per heavy atom. The molecule has 1 N–H and O–H groups in total. The van der Waals surface area contributed by atoms with Crippen LogP contribution in [0.5, 0.6) is 11.5 Å². The third-order valence-electron chi connectivity index (χ3n) is 4.43. The van der Waals surface area contributed by atoms with Crippen LogP contribution in [0.4, 0.5) is 0 Å². The van der Waals surface area contributed by atoms with Gasteiger partial charge in [-0.25, -0.2) is 4.98 Å². The molecule has 0 saturated heterocycles. The van der Waals surface area contributed by atoms with E-state index in [2.05, 4.69) is 29.1 Å². The van der Waals surface area contributed by atoms with Crippen molar-refractivity contribution in [2.45, 2.75) is 38.8 Å². The normalized spacial score (nSPS) is 19.2. The van der Waals surface area contributed by atoms with E-state index in [0.717, 1.165) is 42.4 Å². The van der Waals surface area contributed by atoms with Gasteiger partial charge in [0.05, 0.1) is 5.69 Å². The standard InChI is InChI=1S/C17H21N3O2/c1-12-10-20-7-3-5-14(17(20)19-12)9-18-8-13-4-2-6-15-16(13)22-11-21-15/h2,4,6,10,14,18H,3,5,7-9,11H2,1H3/t14-/m1/s1. The van der Waals surface area contributed by atoms with Gasteiger partial charge < -0.3 is 19.4 Å². The number of para-hydroxylation sites is 1. The van der Waals surface area contributed by atoms with Gasteiger partial charge in [0.15, 0.2) is 11.5 Å². The molecule has 5 nitrogen and oxygen atoms in total. The van der Waals surface area contributed by atoms with Crippen molar-refractivity contribution < 1.29 is 9.47 Å². The molecule has 0 fully saturated rings. The summed E-state index contributed by atoms with van der Waals surface area (Å²) in [6.07, 6.45) is 4.60. The number of nitrogens with zero attached hydrogens (tertiary/aromatic N) is 2. The van der Waals surface area contributed by atoms with Crippen LogP contribution in [0.25, 0.3) is 0 Å². The molecule has 0 radical (unpaired) electrons. The fraction of sp³-hybridized carbons (Fsp3) is 0.471. The number of imidazole rings is 1. The number of aromatic nitrogens is 2. The zero-order valence-electron chi connectivity index (χ0n) is 12.8. The predicted octanol–water partition coefficient (Wildman–Crippen LogP) is 2.59. The smallest absolute Gasteiger partial charge is 0.231 e. The summed E-state index contributed by atoms with van der Waals surface area (Å²) in [4.78, 5) is 4.69. The molecule has 0 spiro atoms. The van der Waals surface area contributed by atoms with Gasteiger partial charge in [-0.05, 0) is 25.8 Å². The predicted molar refractivity (Wildman–Crippen MR) is 83.2 cm³/mol. The molecular weight excluding hydrogens is 278 g/mol. The van der Waals surface area contributed by atoms with Gasteiger partial charge in [0.2, 0.25) is 6.79 Å². The van der Waals surface area contributed by atoms with Crippen molar-refractivity contribution in [2.75, 3.05) is 13.3 Å². The number of rotatable bonds is 4. The first-order chi connectivity index (χ1) is 10.8. The van der Waals surface area contributed by atoms with Crippen molar-refractivity contribution in [3.63, 3.8) is 0 Å². The summed E-state index contributed by atoms with van der Waals surface area (Å²) in [6.45, 7) is 5.24. The number of fused-ring (bicyclic) bond motifs is 2. The van der Waals surface area contributed by atoms with Crippen molar-refractivity contribution in [1.29, 1.82) is 0 Å². The zero-order chi connectivity index (χ0) is 14.9. The molecule has 2 aromatic rings. The highest BCUT2D eigenvalue weighted by molar-refractivity contribution is 5.48. The number of aryl methyl sites for hydroxylation is 2. The Kier molecular flexibility index (Phi) is 3.50. The van der Waals surface area contributed by atoms with Crippen LogP contribution < -0.4 is 14.8 Å². The van der Waals surface area contributed by atoms with Gasteiger partial charge in [-0.15, -0.1) is 0 Å². The second-order valence-corrected chi connectivity index (χ2v) is 6.05. The highest BCUT2D eigenvalue weighted by atomic mass is 16.7. The maximum Gasteiger partial charge on any atom is 0.231 e. The first kappa shape index (κ1) is 13.6. The molecule has 0 aliphatic carbocycles. The van der Waals surface area contributed by atoms with Crippen LogP contribution in [0.15, 0.2) is 24.4 Å². The summed E-state index contributed by atoms with van der Waals surface area (Å²) in [5.74, 6) is 3.46. The minimum absolute atomic E-state index is 0.325. The van der Waals surface area contributed by atoms with Crippen molar-refractivity contribution >= 4 is 0 Å². The van der Waals surface area contributed by atoms with E-state index in [9.17, 15) is 0 Å². The second-order valence-electron chi connectivity index (χ2n) is 6.05. The third-order valence-corrected chi connectivity index (χ3v) is 4.43. The molecule has 2 aliphatic heterocycles. The molecular formula is C17H21N3O2. The van der Waals surface area contributed by atoms with E-state index in [1.807, 2.05) is 12.1 Å². The van der Waals surface area contributed by atoms with Crippen LogP contribution in [0.3, 0.4) is 0 Å². The Labute approximate surface area is 130 Å². The van der Waals surface area contributed by atoms with Gasteiger partial charge in [0.1, 0.15) is 5.82 Å². The highest BCUT2D eigenvalue weighted by Crippen LogP contribution is 2.35. The lowest BCUT2D eigenvalue weighted by molar-refractivity contribution is 0.173. The summed E-state index contributed by atoms with van der Waals surface area (Å²) in [6, 6.07) is 6.06. The minimum Gasteiger partial charge on any atom is -0.454 e. The summed E-state index contributed by atoms with van der Waals surface area (Å²) in [7, 11) is 0. The number of benzene rings is 1. The molecule has 0 amide bonds. The number of hydrogen-bond acceptors (Lipinski definition) is 4. The van der Waals surface area contributed by atoms with Crippen LogP contribution in [0.1, 0.15) is 35.8 Å². The maximum atomic E-state index is 5.55. The Balaban J connectivity index is 1.41. The van der Waals surface area contributed by atoms with Crippen molar-refractivity contribution in [1.82, 2.24) is 14.9 Å². The van der Waals surface area contributed by atoms with E-state index in [0.29, 0.717) is 12.7 Å². The molecule has 5 heteroatoms. The maximum absolute atomic E-state index is 5.55. The Morgan fingerprint density at radius 1 is 1.36 bits per heavy atom. The average molecular weight is 299 g/mol. The Morgan fingerprint density at radius 2 is 2.32 bits per heavy atom. The molecule has 1 aromatic heterocycles. The van der Waals surface area contributed by atoms with E-state index in [-0.39, 0.29) is 0 Å². The fourth-order valence-corrected chi connectivity index (χ4v) is 3.41. The largest absolute Gasteiger partial charge is 0.454 e. The molecule has 1 atom stereocenters. The SMILES string of the molecule is Cc1cn2c(n1)[C@@H](CNCc1cccc3c1OCO3)CCC2. The molecule has 0 bridgehead atoms. The summed E-state index contributed by atoms with van der Waals surface area (Å²) in [5, 5.41) is 3.56. The first-order valence-electron chi connectivity index (χ1n) is 7.93. The molecule has 22 heavy (non-hydrogen) atoms. The molecule has 116 valence electrons. The van der Waals surface area contributed by atoms with Gasteiger partial charge in [-0.2, -0.15) is 0 Å². The van der Waals surface area contributed by atoms with Crippen molar-refractivity contribution in [3.8, 4) is 11.5 Å². The van der Waals surface area contributed by atoms with Gasteiger partial charge in [0, 0.05) is 37.3 Å². The first-order valence-corrected chi connectivity index (χ1v) is 7.93. The molecule has 3 heterocycles. The van der Waals surface area contributed by atoms with Gasteiger partial charge in [0.25, 0.3) is 0 Å². The van der Waals surface area contributed by atoms with Crippen molar-refractivity contribution in [3.05, 3.63) is 41.5 Å². The van der Waals surface area contributed by atoms with Crippen LogP contribution in [-0.4, -0.2) is 22.9 Å². The highest BCUT2D eigenvalue weighted by Gasteiger charge is 2.22. The zero-order valence-corrected chi connectivity index (χ0v) is 12.8. The molecule has 2 aliphatic rings. The summed E-state index contributed by atoms with van der Waals surface area (Å²) in [5.41, 5.74) is 2.28. The van der Waals surface area contributed by atoms with Crippen molar-refractivity contribution in [2.24, 2.45) is 0 Å². The van der Waals surface area contributed by atoms with Crippen LogP contribution in [0.2, 0.25) is 0 Å². The van der Waals surface area contributed by atoms with Gasteiger partial charge in [-0.1, -0.05) is 12.1 Å². The van der Waals surface area contributed by atoms with E-state index < -0.39 is 0 Å². The summed E-state index contributed by atoms with van der Waals surface area (Å²) < 4.78 is 13.3. The van der Waals surface area contributed by atoms with Crippen LogP contribution in [0, 0.1) is 6.92 Å². The quantitative estimate of drug-likeness (QED) is 0.942.